The zero-order valence-corrected chi connectivity index (χ0v) is 11.7. The standard InChI is InChI=1S/C17H26O/c1-3-14(2)13-17(18)12-8-7-11-16(17)15-9-5-4-6-10-15/h4-6,9-10,14,16,18H,3,7-8,11-13H2,1-2H3. The van der Waals surface area contributed by atoms with Gasteiger partial charge >= 0.3 is 0 Å². The van der Waals surface area contributed by atoms with Gasteiger partial charge in [0.25, 0.3) is 0 Å². The molecular weight excluding hydrogens is 220 g/mol. The van der Waals surface area contributed by atoms with Gasteiger partial charge < -0.3 is 5.11 Å². The summed E-state index contributed by atoms with van der Waals surface area (Å²) < 4.78 is 0. The van der Waals surface area contributed by atoms with Gasteiger partial charge in [0.1, 0.15) is 0 Å². The number of benzene rings is 1. The molecule has 100 valence electrons. The molecule has 0 saturated heterocycles. The van der Waals surface area contributed by atoms with Crippen molar-refractivity contribution in [2.75, 3.05) is 0 Å². The second kappa shape index (κ2) is 5.88. The molecule has 0 heterocycles. The molecule has 0 spiro atoms. The van der Waals surface area contributed by atoms with E-state index >= 15 is 0 Å². The van der Waals surface area contributed by atoms with E-state index in [1.54, 1.807) is 0 Å². The Morgan fingerprint density at radius 1 is 1.28 bits per heavy atom. The Morgan fingerprint density at radius 2 is 2.00 bits per heavy atom. The minimum Gasteiger partial charge on any atom is -0.389 e. The lowest BCUT2D eigenvalue weighted by Crippen LogP contribution is -2.40. The molecule has 3 unspecified atom stereocenters. The lowest BCUT2D eigenvalue weighted by atomic mass is 9.68. The molecule has 0 aliphatic heterocycles. The Balaban J connectivity index is 2.20. The summed E-state index contributed by atoms with van der Waals surface area (Å²) in [4.78, 5) is 0. The molecule has 1 heteroatoms. The Morgan fingerprint density at radius 3 is 2.67 bits per heavy atom. The van der Waals surface area contributed by atoms with Gasteiger partial charge in [0, 0.05) is 5.92 Å². The predicted octanol–water partition coefficient (Wildman–Crippen LogP) is 4.51. The molecule has 0 bridgehead atoms. The first-order valence-corrected chi connectivity index (χ1v) is 7.43. The maximum Gasteiger partial charge on any atom is 0.0718 e. The molecule has 1 aromatic carbocycles. The van der Waals surface area contributed by atoms with E-state index < -0.39 is 5.60 Å². The summed E-state index contributed by atoms with van der Waals surface area (Å²) >= 11 is 0. The maximum absolute atomic E-state index is 11.1. The molecule has 18 heavy (non-hydrogen) atoms. The number of rotatable bonds is 4. The van der Waals surface area contributed by atoms with Crippen LogP contribution in [0.1, 0.15) is 63.9 Å². The van der Waals surface area contributed by atoms with E-state index in [1.165, 1.54) is 18.4 Å². The molecule has 1 nitrogen and oxygen atoms in total. The molecule has 0 aromatic heterocycles. The summed E-state index contributed by atoms with van der Waals surface area (Å²) in [5, 5.41) is 11.1. The summed E-state index contributed by atoms with van der Waals surface area (Å²) in [7, 11) is 0. The Bertz CT molecular complexity index is 359. The van der Waals surface area contributed by atoms with Gasteiger partial charge in [-0.05, 0) is 30.7 Å². The van der Waals surface area contributed by atoms with Crippen molar-refractivity contribution in [3.05, 3.63) is 35.9 Å². The van der Waals surface area contributed by atoms with Gasteiger partial charge in [-0.2, -0.15) is 0 Å². The molecule has 2 rings (SSSR count). The average molecular weight is 246 g/mol. The summed E-state index contributed by atoms with van der Waals surface area (Å²) in [5.41, 5.74) is 0.845. The molecule has 1 N–H and O–H groups in total. The van der Waals surface area contributed by atoms with Gasteiger partial charge in [0.05, 0.1) is 5.60 Å². The van der Waals surface area contributed by atoms with Crippen LogP contribution in [-0.4, -0.2) is 10.7 Å². The van der Waals surface area contributed by atoms with Crippen LogP contribution in [0.15, 0.2) is 30.3 Å². The number of aliphatic hydroxyl groups is 1. The third-order valence-corrected chi connectivity index (χ3v) is 4.60. The van der Waals surface area contributed by atoms with Crippen LogP contribution < -0.4 is 0 Å². The highest BCUT2D eigenvalue weighted by atomic mass is 16.3. The molecule has 1 fully saturated rings. The quantitative estimate of drug-likeness (QED) is 0.828. The normalized spacial score (nSPS) is 30.1. The third-order valence-electron chi connectivity index (χ3n) is 4.60. The lowest BCUT2D eigenvalue weighted by molar-refractivity contribution is -0.0358. The average Bonchev–Trinajstić information content (AvgIpc) is 2.39. The van der Waals surface area contributed by atoms with Gasteiger partial charge in [-0.3, -0.25) is 0 Å². The highest BCUT2D eigenvalue weighted by Crippen LogP contribution is 2.44. The van der Waals surface area contributed by atoms with E-state index in [0.717, 1.165) is 25.7 Å². The van der Waals surface area contributed by atoms with Crippen molar-refractivity contribution >= 4 is 0 Å². The van der Waals surface area contributed by atoms with E-state index in [-0.39, 0.29) is 0 Å². The first-order valence-electron chi connectivity index (χ1n) is 7.43. The van der Waals surface area contributed by atoms with Crippen LogP contribution >= 0.6 is 0 Å². The maximum atomic E-state index is 11.1. The summed E-state index contributed by atoms with van der Waals surface area (Å²) in [6.07, 6.45) is 6.64. The fourth-order valence-electron chi connectivity index (χ4n) is 3.38. The highest BCUT2D eigenvalue weighted by Gasteiger charge is 2.40. The highest BCUT2D eigenvalue weighted by molar-refractivity contribution is 5.23. The minimum atomic E-state index is -0.477. The Labute approximate surface area is 111 Å². The van der Waals surface area contributed by atoms with Gasteiger partial charge in [0.2, 0.25) is 0 Å². The number of hydrogen-bond acceptors (Lipinski definition) is 1. The van der Waals surface area contributed by atoms with Crippen LogP contribution in [0.4, 0.5) is 0 Å². The van der Waals surface area contributed by atoms with E-state index in [4.69, 9.17) is 0 Å². The van der Waals surface area contributed by atoms with E-state index in [0.29, 0.717) is 11.8 Å². The second-order valence-electron chi connectivity index (χ2n) is 6.03. The van der Waals surface area contributed by atoms with E-state index in [2.05, 4.69) is 44.2 Å². The van der Waals surface area contributed by atoms with E-state index in [9.17, 15) is 5.11 Å². The van der Waals surface area contributed by atoms with Crippen LogP contribution in [0.3, 0.4) is 0 Å². The largest absolute Gasteiger partial charge is 0.389 e. The van der Waals surface area contributed by atoms with Crippen molar-refractivity contribution < 1.29 is 5.11 Å². The summed E-state index contributed by atoms with van der Waals surface area (Å²) in [6.45, 7) is 4.48. The molecule has 0 amide bonds. The first kappa shape index (κ1) is 13.6. The Kier molecular flexibility index (Phi) is 4.45. The number of hydrogen-bond donors (Lipinski definition) is 1. The summed E-state index contributed by atoms with van der Waals surface area (Å²) in [5.74, 6) is 0.945. The fourth-order valence-corrected chi connectivity index (χ4v) is 3.38. The monoisotopic (exact) mass is 246 g/mol. The van der Waals surface area contributed by atoms with Crippen molar-refractivity contribution in [1.29, 1.82) is 0 Å². The summed E-state index contributed by atoms with van der Waals surface area (Å²) in [6, 6.07) is 10.6. The predicted molar refractivity (Wildman–Crippen MR) is 76.7 cm³/mol. The van der Waals surface area contributed by atoms with Crippen molar-refractivity contribution in [2.24, 2.45) is 5.92 Å². The zero-order valence-electron chi connectivity index (χ0n) is 11.7. The fraction of sp³-hybridized carbons (Fsp3) is 0.647. The van der Waals surface area contributed by atoms with Gasteiger partial charge in [-0.15, -0.1) is 0 Å². The van der Waals surface area contributed by atoms with Crippen LogP contribution in [0, 0.1) is 5.92 Å². The topological polar surface area (TPSA) is 20.2 Å². The molecule has 0 radical (unpaired) electrons. The van der Waals surface area contributed by atoms with Crippen LogP contribution in [-0.2, 0) is 0 Å². The molecule has 1 aliphatic carbocycles. The van der Waals surface area contributed by atoms with Crippen molar-refractivity contribution in [2.45, 2.75) is 63.9 Å². The molecular formula is C17H26O. The van der Waals surface area contributed by atoms with Gasteiger partial charge in [-0.1, -0.05) is 63.4 Å². The van der Waals surface area contributed by atoms with Crippen LogP contribution in [0.2, 0.25) is 0 Å². The van der Waals surface area contributed by atoms with Crippen molar-refractivity contribution in [3.8, 4) is 0 Å². The van der Waals surface area contributed by atoms with Gasteiger partial charge in [-0.25, -0.2) is 0 Å². The van der Waals surface area contributed by atoms with Crippen LogP contribution in [0.5, 0.6) is 0 Å². The second-order valence-corrected chi connectivity index (χ2v) is 6.03. The molecule has 3 atom stereocenters. The molecule has 1 aromatic rings. The smallest absolute Gasteiger partial charge is 0.0718 e. The van der Waals surface area contributed by atoms with Crippen molar-refractivity contribution in [3.63, 3.8) is 0 Å². The molecule has 1 aliphatic rings. The van der Waals surface area contributed by atoms with Crippen LogP contribution in [0.25, 0.3) is 0 Å². The van der Waals surface area contributed by atoms with Gasteiger partial charge in [0.15, 0.2) is 0 Å². The van der Waals surface area contributed by atoms with E-state index in [1.807, 2.05) is 0 Å². The first-order chi connectivity index (χ1) is 8.65. The SMILES string of the molecule is CCC(C)CC1(O)CCCCC1c1ccccc1. The minimum absolute atomic E-state index is 0.335. The molecule has 1 saturated carbocycles. The zero-order chi connectivity index (χ0) is 13.0. The lowest BCUT2D eigenvalue weighted by Gasteiger charge is -2.42. The van der Waals surface area contributed by atoms with Crippen molar-refractivity contribution in [1.82, 2.24) is 0 Å². The third kappa shape index (κ3) is 2.95. The Hall–Kier alpha value is -0.820.